The van der Waals surface area contributed by atoms with Gasteiger partial charge in [-0.2, -0.15) is 0 Å². The highest BCUT2D eigenvalue weighted by Crippen LogP contribution is 2.20. The van der Waals surface area contributed by atoms with Crippen molar-refractivity contribution in [2.45, 2.75) is 33.7 Å². The largest absolute Gasteiger partial charge is 0.310 e. The fourth-order valence-electron chi connectivity index (χ4n) is 1.62. The van der Waals surface area contributed by atoms with Crippen LogP contribution >= 0.6 is 0 Å². The number of hydrogen-bond donors (Lipinski definition) is 1. The maximum Gasteiger partial charge on any atom is 0.130 e. The van der Waals surface area contributed by atoms with E-state index in [1.54, 1.807) is 6.92 Å². The highest BCUT2D eigenvalue weighted by molar-refractivity contribution is 5.22. The molecule has 17 heavy (non-hydrogen) atoms. The first kappa shape index (κ1) is 14.1. The van der Waals surface area contributed by atoms with Crippen LogP contribution in [0.5, 0.6) is 0 Å². The van der Waals surface area contributed by atoms with Gasteiger partial charge in [-0.1, -0.05) is 26.8 Å². The zero-order chi connectivity index (χ0) is 13.0. The summed E-state index contributed by atoms with van der Waals surface area (Å²) in [5, 5.41) is 3.18. The van der Waals surface area contributed by atoms with E-state index in [2.05, 4.69) is 26.1 Å². The Hall–Kier alpha value is -0.960. The maximum absolute atomic E-state index is 13.5. The first-order valence-corrected chi connectivity index (χ1v) is 6.10. The third-order valence-corrected chi connectivity index (χ3v) is 3.32. The quantitative estimate of drug-likeness (QED) is 0.824. The van der Waals surface area contributed by atoms with E-state index in [9.17, 15) is 8.78 Å². The van der Waals surface area contributed by atoms with Gasteiger partial charge in [-0.15, -0.1) is 0 Å². The van der Waals surface area contributed by atoms with Crippen molar-refractivity contribution in [2.75, 3.05) is 6.54 Å². The Morgan fingerprint density at radius 2 is 1.59 bits per heavy atom. The minimum atomic E-state index is -0.484. The van der Waals surface area contributed by atoms with E-state index >= 15 is 0 Å². The van der Waals surface area contributed by atoms with Gasteiger partial charge in [0, 0.05) is 11.6 Å². The Balaban J connectivity index is 2.67. The van der Waals surface area contributed by atoms with Crippen LogP contribution in [-0.2, 0) is 0 Å². The fraction of sp³-hybridized carbons (Fsp3) is 0.571. The summed E-state index contributed by atoms with van der Waals surface area (Å²) in [6.07, 6.45) is 0. The zero-order valence-electron chi connectivity index (χ0n) is 10.9. The first-order chi connectivity index (χ1) is 7.93. The Morgan fingerprint density at radius 1 is 1.06 bits per heavy atom. The molecule has 0 aliphatic carbocycles. The molecule has 0 fully saturated rings. The topological polar surface area (TPSA) is 12.0 Å². The van der Waals surface area contributed by atoms with Gasteiger partial charge in [0.2, 0.25) is 0 Å². The van der Waals surface area contributed by atoms with Crippen LogP contribution in [0.3, 0.4) is 0 Å². The van der Waals surface area contributed by atoms with Gasteiger partial charge in [0.05, 0.1) is 0 Å². The van der Waals surface area contributed by atoms with Gasteiger partial charge in [0.15, 0.2) is 0 Å². The highest BCUT2D eigenvalue weighted by Gasteiger charge is 2.16. The summed E-state index contributed by atoms with van der Waals surface area (Å²) in [5.74, 6) is 0.0665. The minimum Gasteiger partial charge on any atom is -0.310 e. The van der Waals surface area contributed by atoms with E-state index in [0.717, 1.165) is 6.54 Å². The lowest BCUT2D eigenvalue weighted by Crippen LogP contribution is -2.28. The van der Waals surface area contributed by atoms with Crippen LogP contribution in [0.4, 0.5) is 8.78 Å². The molecule has 2 unspecified atom stereocenters. The molecule has 2 atom stereocenters. The second kappa shape index (κ2) is 6.10. The average molecular weight is 241 g/mol. The minimum absolute atomic E-state index is 0.128. The third kappa shape index (κ3) is 3.77. The molecule has 96 valence electrons. The lowest BCUT2D eigenvalue weighted by atomic mass is 9.97. The van der Waals surface area contributed by atoms with Gasteiger partial charge >= 0.3 is 0 Å². The van der Waals surface area contributed by atoms with Gasteiger partial charge in [0.1, 0.15) is 11.6 Å². The molecule has 1 N–H and O–H groups in total. The van der Waals surface area contributed by atoms with Gasteiger partial charge in [-0.25, -0.2) is 8.78 Å². The number of hydrogen-bond acceptors (Lipinski definition) is 1. The lowest BCUT2D eigenvalue weighted by Gasteiger charge is -2.21. The molecule has 1 aromatic rings. The van der Waals surface area contributed by atoms with Crippen molar-refractivity contribution in [3.63, 3.8) is 0 Å². The van der Waals surface area contributed by atoms with Crippen LogP contribution < -0.4 is 5.32 Å². The molecule has 0 bridgehead atoms. The van der Waals surface area contributed by atoms with Crippen molar-refractivity contribution >= 4 is 0 Å². The van der Waals surface area contributed by atoms with E-state index in [0.29, 0.717) is 11.8 Å². The molecule has 3 heteroatoms. The smallest absolute Gasteiger partial charge is 0.130 e. The molecule has 0 heterocycles. The molecule has 1 aromatic carbocycles. The molecule has 0 aliphatic rings. The molecule has 0 spiro atoms. The second-order valence-electron chi connectivity index (χ2n) is 4.99. The van der Waals surface area contributed by atoms with Crippen molar-refractivity contribution in [1.82, 2.24) is 5.32 Å². The molecule has 1 nitrogen and oxygen atoms in total. The monoisotopic (exact) mass is 241 g/mol. The number of halogens is 2. The SMILES string of the molecule is CC(NCC(C)C(C)C)c1c(F)cccc1F. The van der Waals surface area contributed by atoms with Crippen LogP contribution in [0.25, 0.3) is 0 Å². The van der Waals surface area contributed by atoms with E-state index < -0.39 is 11.6 Å². The Bertz CT molecular complexity index is 343. The maximum atomic E-state index is 13.5. The normalized spacial score (nSPS) is 15.0. The standard InChI is InChI=1S/C14H21F2N/c1-9(2)10(3)8-17-11(4)14-12(15)6-5-7-13(14)16/h5-7,9-11,17H,8H2,1-4H3. The second-order valence-corrected chi connectivity index (χ2v) is 4.99. The molecule has 0 saturated heterocycles. The summed E-state index contributed by atoms with van der Waals surface area (Å²) in [6, 6.07) is 3.67. The Kier molecular flexibility index (Phi) is 5.06. The van der Waals surface area contributed by atoms with Gasteiger partial charge < -0.3 is 5.32 Å². The van der Waals surface area contributed by atoms with Gasteiger partial charge in [0.25, 0.3) is 0 Å². The van der Waals surface area contributed by atoms with Crippen molar-refractivity contribution in [3.05, 3.63) is 35.4 Å². The van der Waals surface area contributed by atoms with Gasteiger partial charge in [-0.3, -0.25) is 0 Å². The van der Waals surface area contributed by atoms with Crippen molar-refractivity contribution in [2.24, 2.45) is 11.8 Å². The summed E-state index contributed by atoms with van der Waals surface area (Å²) < 4.78 is 27.0. The van der Waals surface area contributed by atoms with Crippen molar-refractivity contribution < 1.29 is 8.78 Å². The number of benzene rings is 1. The summed E-state index contributed by atoms with van der Waals surface area (Å²) in [6.45, 7) is 8.95. The fourth-order valence-corrected chi connectivity index (χ4v) is 1.62. The molecular formula is C14H21F2N. The summed E-state index contributed by atoms with van der Waals surface area (Å²) >= 11 is 0. The Morgan fingerprint density at radius 3 is 2.06 bits per heavy atom. The third-order valence-electron chi connectivity index (χ3n) is 3.32. The molecule has 0 saturated carbocycles. The van der Waals surface area contributed by atoms with Crippen LogP contribution in [0.1, 0.15) is 39.3 Å². The van der Waals surface area contributed by atoms with E-state index in [-0.39, 0.29) is 11.6 Å². The van der Waals surface area contributed by atoms with Crippen LogP contribution in [0.15, 0.2) is 18.2 Å². The first-order valence-electron chi connectivity index (χ1n) is 6.10. The van der Waals surface area contributed by atoms with Crippen LogP contribution in [0, 0.1) is 23.5 Å². The van der Waals surface area contributed by atoms with E-state index in [1.807, 2.05) is 0 Å². The molecule has 0 aromatic heterocycles. The van der Waals surface area contributed by atoms with Crippen LogP contribution in [0.2, 0.25) is 0 Å². The van der Waals surface area contributed by atoms with Crippen molar-refractivity contribution in [1.29, 1.82) is 0 Å². The molecule has 1 rings (SSSR count). The van der Waals surface area contributed by atoms with Crippen LogP contribution in [-0.4, -0.2) is 6.54 Å². The predicted octanol–water partition coefficient (Wildman–Crippen LogP) is 3.91. The zero-order valence-corrected chi connectivity index (χ0v) is 10.9. The Labute approximate surface area is 102 Å². The molecule has 0 radical (unpaired) electrons. The molecule has 0 amide bonds. The van der Waals surface area contributed by atoms with E-state index in [1.165, 1.54) is 18.2 Å². The van der Waals surface area contributed by atoms with E-state index in [4.69, 9.17) is 0 Å². The molecular weight excluding hydrogens is 220 g/mol. The summed E-state index contributed by atoms with van der Waals surface area (Å²) in [7, 11) is 0. The average Bonchev–Trinajstić information content (AvgIpc) is 2.25. The number of rotatable bonds is 5. The highest BCUT2D eigenvalue weighted by atomic mass is 19.1. The summed E-state index contributed by atoms with van der Waals surface area (Å²) in [4.78, 5) is 0. The van der Waals surface area contributed by atoms with Crippen molar-refractivity contribution in [3.8, 4) is 0 Å². The molecule has 0 aliphatic heterocycles. The predicted molar refractivity (Wildman–Crippen MR) is 66.8 cm³/mol. The lowest BCUT2D eigenvalue weighted by molar-refractivity contribution is 0.368. The van der Waals surface area contributed by atoms with Gasteiger partial charge in [-0.05, 0) is 37.4 Å². The number of nitrogens with one attached hydrogen (secondary N) is 1. The summed E-state index contributed by atoms with van der Waals surface area (Å²) in [5.41, 5.74) is 0.128.